The number of halogens is 2. The summed E-state index contributed by atoms with van der Waals surface area (Å²) in [7, 11) is 0. The van der Waals surface area contributed by atoms with Crippen LogP contribution in [0.15, 0.2) is 24.5 Å². The highest BCUT2D eigenvalue weighted by Crippen LogP contribution is 2.12. The van der Waals surface area contributed by atoms with Gasteiger partial charge in [-0.2, -0.15) is 5.10 Å². The fraction of sp³-hybridized carbons (Fsp3) is 0.200. The molecule has 3 nitrogen and oxygen atoms in total. The molecule has 0 amide bonds. The molecule has 0 N–H and O–H groups in total. The molecule has 1 aromatic carbocycles. The number of hydrogen-bond acceptors (Lipinski definition) is 2. The maximum Gasteiger partial charge on any atom is 0.163 e. The van der Waals surface area contributed by atoms with Gasteiger partial charge in [-0.1, -0.05) is 12.1 Å². The summed E-state index contributed by atoms with van der Waals surface area (Å²) in [5.74, 6) is -1.07. The Hall–Kier alpha value is -1.78. The lowest BCUT2D eigenvalue weighted by Gasteiger charge is -2.03. The second-order valence-electron chi connectivity index (χ2n) is 3.20. The van der Waals surface area contributed by atoms with E-state index in [0.717, 1.165) is 6.07 Å². The van der Waals surface area contributed by atoms with E-state index in [1.54, 1.807) is 6.92 Å². The van der Waals surface area contributed by atoms with Crippen molar-refractivity contribution >= 4 is 0 Å². The summed E-state index contributed by atoms with van der Waals surface area (Å²) in [6.45, 7) is 1.92. The summed E-state index contributed by atoms with van der Waals surface area (Å²) in [5, 5.41) is 3.99. The molecule has 0 spiro atoms. The van der Waals surface area contributed by atoms with Gasteiger partial charge in [0.05, 0.1) is 6.54 Å². The van der Waals surface area contributed by atoms with Crippen molar-refractivity contribution in [2.24, 2.45) is 0 Å². The van der Waals surface area contributed by atoms with Gasteiger partial charge >= 0.3 is 0 Å². The van der Waals surface area contributed by atoms with E-state index < -0.39 is 11.6 Å². The van der Waals surface area contributed by atoms with Crippen LogP contribution < -0.4 is 0 Å². The van der Waals surface area contributed by atoms with Gasteiger partial charge in [0, 0.05) is 5.56 Å². The molecular formula is C10H9F2N3. The third-order valence-corrected chi connectivity index (χ3v) is 2.01. The van der Waals surface area contributed by atoms with Crippen molar-refractivity contribution in [2.75, 3.05) is 0 Å². The van der Waals surface area contributed by atoms with Gasteiger partial charge in [-0.05, 0) is 13.0 Å². The molecule has 0 aliphatic carbocycles. The summed E-state index contributed by atoms with van der Waals surface area (Å²) < 4.78 is 27.6. The fourth-order valence-electron chi connectivity index (χ4n) is 1.31. The van der Waals surface area contributed by atoms with Crippen molar-refractivity contribution in [3.05, 3.63) is 47.5 Å². The molecule has 15 heavy (non-hydrogen) atoms. The average Bonchev–Trinajstić information content (AvgIpc) is 2.59. The Morgan fingerprint density at radius 1 is 1.33 bits per heavy atom. The zero-order valence-electron chi connectivity index (χ0n) is 8.11. The van der Waals surface area contributed by atoms with E-state index in [4.69, 9.17) is 0 Å². The molecular weight excluding hydrogens is 200 g/mol. The molecule has 1 aromatic heterocycles. The highest BCUT2D eigenvalue weighted by Gasteiger charge is 2.08. The minimum absolute atomic E-state index is 0.185. The van der Waals surface area contributed by atoms with E-state index >= 15 is 0 Å². The van der Waals surface area contributed by atoms with Gasteiger partial charge in [0.15, 0.2) is 11.6 Å². The summed E-state index contributed by atoms with van der Waals surface area (Å²) in [6, 6.07) is 4.08. The molecule has 0 atom stereocenters. The zero-order valence-corrected chi connectivity index (χ0v) is 8.11. The van der Waals surface area contributed by atoms with E-state index in [2.05, 4.69) is 10.1 Å². The van der Waals surface area contributed by atoms with Crippen LogP contribution in [0.25, 0.3) is 0 Å². The maximum atomic E-state index is 13.3. The number of aromatic nitrogens is 3. The smallest absolute Gasteiger partial charge is 0.163 e. The summed E-state index contributed by atoms with van der Waals surface area (Å²) in [5.41, 5.74) is 0.264. The number of nitrogens with zero attached hydrogens (tertiary/aromatic N) is 3. The predicted octanol–water partition coefficient (Wildman–Crippen LogP) is 1.91. The Kier molecular flexibility index (Phi) is 2.45. The van der Waals surface area contributed by atoms with Crippen LogP contribution in [0.3, 0.4) is 0 Å². The highest BCUT2D eigenvalue weighted by atomic mass is 19.2. The predicted molar refractivity (Wildman–Crippen MR) is 50.2 cm³/mol. The standard InChI is InChI=1S/C10H9F2N3/c1-7-13-6-15(14-7)5-8-3-2-4-9(11)10(8)12/h2-4,6H,5H2,1H3. The number of rotatable bonds is 2. The first-order valence-corrected chi connectivity index (χ1v) is 4.46. The second-order valence-corrected chi connectivity index (χ2v) is 3.20. The molecule has 0 fully saturated rings. The first-order valence-electron chi connectivity index (χ1n) is 4.46. The number of aryl methyl sites for hydroxylation is 1. The largest absolute Gasteiger partial charge is 0.248 e. The molecule has 2 aromatic rings. The normalized spacial score (nSPS) is 10.6. The molecule has 78 valence electrons. The van der Waals surface area contributed by atoms with Gasteiger partial charge in [-0.25, -0.2) is 18.4 Å². The third-order valence-electron chi connectivity index (χ3n) is 2.01. The average molecular weight is 209 g/mol. The van der Waals surface area contributed by atoms with Crippen LogP contribution in [0.5, 0.6) is 0 Å². The molecule has 0 bridgehead atoms. The topological polar surface area (TPSA) is 30.7 Å². The minimum atomic E-state index is -0.843. The van der Waals surface area contributed by atoms with Crippen LogP contribution in [0, 0.1) is 18.6 Å². The van der Waals surface area contributed by atoms with Crippen molar-refractivity contribution in [1.82, 2.24) is 14.8 Å². The fourth-order valence-corrected chi connectivity index (χ4v) is 1.31. The third kappa shape index (κ3) is 2.01. The van der Waals surface area contributed by atoms with Gasteiger partial charge in [0.25, 0.3) is 0 Å². The van der Waals surface area contributed by atoms with Gasteiger partial charge in [-0.15, -0.1) is 0 Å². The Bertz CT molecular complexity index is 479. The first kappa shape index (κ1) is 9.76. The van der Waals surface area contributed by atoms with Crippen molar-refractivity contribution in [2.45, 2.75) is 13.5 Å². The van der Waals surface area contributed by atoms with E-state index in [1.807, 2.05) is 0 Å². The van der Waals surface area contributed by atoms with Gasteiger partial charge in [-0.3, -0.25) is 0 Å². The van der Waals surface area contributed by atoms with Gasteiger partial charge in [0.2, 0.25) is 0 Å². The lowest BCUT2D eigenvalue weighted by molar-refractivity contribution is 0.491. The molecule has 0 saturated heterocycles. The van der Waals surface area contributed by atoms with E-state index in [9.17, 15) is 8.78 Å². The Morgan fingerprint density at radius 3 is 2.80 bits per heavy atom. The second kappa shape index (κ2) is 3.76. The minimum Gasteiger partial charge on any atom is -0.248 e. The Labute approximate surface area is 85.4 Å². The van der Waals surface area contributed by atoms with Crippen LogP contribution >= 0.6 is 0 Å². The summed E-state index contributed by atoms with van der Waals surface area (Å²) >= 11 is 0. The van der Waals surface area contributed by atoms with Crippen LogP contribution in [0.4, 0.5) is 8.78 Å². The summed E-state index contributed by atoms with van der Waals surface area (Å²) in [6.07, 6.45) is 1.49. The van der Waals surface area contributed by atoms with Crippen molar-refractivity contribution in [3.63, 3.8) is 0 Å². The lowest BCUT2D eigenvalue weighted by atomic mass is 10.2. The first-order chi connectivity index (χ1) is 7.16. The van der Waals surface area contributed by atoms with Gasteiger partial charge in [0.1, 0.15) is 12.2 Å². The Morgan fingerprint density at radius 2 is 2.13 bits per heavy atom. The SMILES string of the molecule is Cc1ncn(Cc2cccc(F)c2F)n1. The molecule has 0 saturated carbocycles. The molecule has 0 unspecified atom stereocenters. The van der Waals surface area contributed by atoms with Crippen LogP contribution in [0.2, 0.25) is 0 Å². The summed E-state index contributed by atoms with van der Waals surface area (Å²) in [4.78, 5) is 3.90. The molecule has 1 heterocycles. The Balaban J connectivity index is 2.28. The number of benzene rings is 1. The molecule has 2 rings (SSSR count). The van der Waals surface area contributed by atoms with E-state index in [0.29, 0.717) is 5.82 Å². The van der Waals surface area contributed by atoms with E-state index in [1.165, 1.54) is 23.1 Å². The molecule has 5 heteroatoms. The van der Waals surface area contributed by atoms with E-state index in [-0.39, 0.29) is 12.1 Å². The van der Waals surface area contributed by atoms with Crippen molar-refractivity contribution in [3.8, 4) is 0 Å². The van der Waals surface area contributed by atoms with Crippen LogP contribution in [0.1, 0.15) is 11.4 Å². The molecule has 0 aliphatic heterocycles. The number of hydrogen-bond donors (Lipinski definition) is 0. The zero-order chi connectivity index (χ0) is 10.8. The lowest BCUT2D eigenvalue weighted by Crippen LogP contribution is -2.03. The van der Waals surface area contributed by atoms with Gasteiger partial charge < -0.3 is 0 Å². The highest BCUT2D eigenvalue weighted by molar-refractivity contribution is 5.18. The molecule has 0 aliphatic rings. The van der Waals surface area contributed by atoms with Crippen molar-refractivity contribution < 1.29 is 8.78 Å². The quantitative estimate of drug-likeness (QED) is 0.756. The monoisotopic (exact) mass is 209 g/mol. The van der Waals surface area contributed by atoms with Crippen LogP contribution in [-0.2, 0) is 6.54 Å². The van der Waals surface area contributed by atoms with Crippen molar-refractivity contribution in [1.29, 1.82) is 0 Å². The maximum absolute atomic E-state index is 13.3. The van der Waals surface area contributed by atoms with Crippen LogP contribution in [-0.4, -0.2) is 14.8 Å². The molecule has 0 radical (unpaired) electrons.